The van der Waals surface area contributed by atoms with Crippen LogP contribution in [0.3, 0.4) is 0 Å². The summed E-state index contributed by atoms with van der Waals surface area (Å²) in [4.78, 5) is 0. The molecule has 0 bridgehead atoms. The van der Waals surface area contributed by atoms with Crippen LogP contribution in [0.4, 0.5) is 5.69 Å². The molecule has 3 rings (SSSR count). The average molecular weight is 311 g/mol. The first-order valence-corrected chi connectivity index (χ1v) is 7.50. The lowest BCUT2D eigenvalue weighted by atomic mass is 10.1. The predicted molar refractivity (Wildman–Crippen MR) is 93.3 cm³/mol. The number of benzene rings is 2. The summed E-state index contributed by atoms with van der Waals surface area (Å²) >= 11 is 5.50. The number of methoxy groups -OCH3 is 1. The van der Waals surface area contributed by atoms with Gasteiger partial charge < -0.3 is 10.1 Å². The summed E-state index contributed by atoms with van der Waals surface area (Å²) in [6.07, 6.45) is 2.76. The van der Waals surface area contributed by atoms with Crippen molar-refractivity contribution >= 4 is 29.2 Å². The molecule has 0 fully saturated rings. The number of anilines is 1. The van der Waals surface area contributed by atoms with Crippen LogP contribution in [-0.4, -0.2) is 23.4 Å². The smallest absolute Gasteiger partial charge is 0.194 e. The van der Waals surface area contributed by atoms with E-state index in [9.17, 15) is 0 Å². The summed E-state index contributed by atoms with van der Waals surface area (Å²) in [5.41, 5.74) is 2.12. The number of nitrogens with zero attached hydrogens (tertiary/aromatic N) is 2. The molecule has 0 amide bonds. The summed E-state index contributed by atoms with van der Waals surface area (Å²) in [5.74, 6) is 0.817. The van der Waals surface area contributed by atoms with Crippen LogP contribution in [0.1, 0.15) is 18.0 Å². The number of ether oxygens (including phenoxy) is 1. The first-order chi connectivity index (χ1) is 10.8. The number of hydrogen-bond donors (Lipinski definition) is 1. The Morgan fingerprint density at radius 2 is 1.91 bits per heavy atom. The van der Waals surface area contributed by atoms with Crippen LogP contribution < -0.4 is 10.1 Å². The zero-order chi connectivity index (χ0) is 15.4. The fraction of sp³-hybridized carbons (Fsp3) is 0.176. The highest BCUT2D eigenvalue weighted by molar-refractivity contribution is 7.80. The van der Waals surface area contributed by atoms with Gasteiger partial charge in [-0.25, -0.2) is 5.01 Å². The van der Waals surface area contributed by atoms with Gasteiger partial charge in [0.15, 0.2) is 5.11 Å². The first-order valence-electron chi connectivity index (χ1n) is 7.09. The fourth-order valence-corrected chi connectivity index (χ4v) is 2.71. The highest BCUT2D eigenvalue weighted by atomic mass is 32.1. The van der Waals surface area contributed by atoms with Crippen LogP contribution in [0, 0.1) is 0 Å². The number of hydrazone groups is 1. The third-order valence-corrected chi connectivity index (χ3v) is 3.85. The molecule has 1 heterocycles. The Morgan fingerprint density at radius 1 is 1.18 bits per heavy atom. The number of nitrogens with one attached hydrogen (secondary N) is 1. The zero-order valence-corrected chi connectivity index (χ0v) is 13.1. The molecule has 1 atom stereocenters. The fourth-order valence-electron chi connectivity index (χ4n) is 2.42. The summed E-state index contributed by atoms with van der Waals surface area (Å²) in [5, 5.41) is 10.1. The summed E-state index contributed by atoms with van der Waals surface area (Å²) in [6.45, 7) is 0. The quantitative estimate of drug-likeness (QED) is 0.874. The predicted octanol–water partition coefficient (Wildman–Crippen LogP) is 3.82. The average Bonchev–Trinajstić information content (AvgIpc) is 3.06. The van der Waals surface area contributed by atoms with Crippen LogP contribution in [0.15, 0.2) is 59.7 Å². The minimum absolute atomic E-state index is 0.152. The number of thiocarbonyl (C=S) groups is 1. The van der Waals surface area contributed by atoms with Crippen LogP contribution >= 0.6 is 12.2 Å². The van der Waals surface area contributed by atoms with Crippen LogP contribution in [0.5, 0.6) is 5.75 Å². The van der Waals surface area contributed by atoms with Gasteiger partial charge >= 0.3 is 0 Å². The van der Waals surface area contributed by atoms with Gasteiger partial charge in [-0.3, -0.25) is 0 Å². The molecule has 2 aromatic carbocycles. The molecule has 1 aliphatic heterocycles. The molecule has 4 nitrogen and oxygen atoms in total. The van der Waals surface area contributed by atoms with Crippen LogP contribution in [0.2, 0.25) is 0 Å². The maximum Gasteiger partial charge on any atom is 0.194 e. The van der Waals surface area contributed by atoms with Gasteiger partial charge in [0.1, 0.15) is 5.75 Å². The second kappa shape index (κ2) is 6.58. The van der Waals surface area contributed by atoms with E-state index in [1.54, 1.807) is 7.11 Å². The standard InChI is InChI=1S/C17H17N3OS/c1-21-15-9-7-14(8-10-15)19-17(22)20-16(11-12-18-20)13-5-3-2-4-6-13/h2-10,12,16H,11H2,1H3,(H,19,22)/t16-/m1/s1. The van der Waals surface area contributed by atoms with Crippen LogP contribution in [-0.2, 0) is 0 Å². The van der Waals surface area contributed by atoms with Crippen molar-refractivity contribution in [3.63, 3.8) is 0 Å². The Kier molecular flexibility index (Phi) is 4.34. The summed E-state index contributed by atoms with van der Waals surface area (Å²) in [7, 11) is 1.65. The van der Waals surface area contributed by atoms with Crippen molar-refractivity contribution in [1.82, 2.24) is 5.01 Å². The summed E-state index contributed by atoms with van der Waals surface area (Å²) in [6, 6.07) is 18.1. The van der Waals surface area contributed by atoms with E-state index in [4.69, 9.17) is 17.0 Å². The molecule has 0 spiro atoms. The molecule has 0 aliphatic carbocycles. The minimum Gasteiger partial charge on any atom is -0.497 e. The maximum atomic E-state index is 5.50. The number of rotatable bonds is 3. The minimum atomic E-state index is 0.152. The molecule has 112 valence electrons. The van der Waals surface area contributed by atoms with E-state index in [2.05, 4.69) is 22.6 Å². The number of hydrogen-bond acceptors (Lipinski definition) is 3. The Morgan fingerprint density at radius 3 is 2.59 bits per heavy atom. The molecular weight excluding hydrogens is 294 g/mol. The van der Waals surface area contributed by atoms with Crippen molar-refractivity contribution in [3.05, 3.63) is 60.2 Å². The highest BCUT2D eigenvalue weighted by Crippen LogP contribution is 2.28. The van der Waals surface area contributed by atoms with Gasteiger partial charge in [0, 0.05) is 18.3 Å². The Labute approximate surface area is 135 Å². The zero-order valence-electron chi connectivity index (χ0n) is 12.3. The molecule has 2 aromatic rings. The van der Waals surface area contributed by atoms with E-state index < -0.39 is 0 Å². The topological polar surface area (TPSA) is 36.9 Å². The molecule has 0 saturated heterocycles. The third kappa shape index (κ3) is 3.09. The van der Waals surface area contributed by atoms with E-state index in [0.29, 0.717) is 5.11 Å². The second-order valence-corrected chi connectivity index (χ2v) is 5.35. The van der Waals surface area contributed by atoms with Gasteiger partial charge in [-0.1, -0.05) is 30.3 Å². The molecular formula is C17H17N3OS. The SMILES string of the molecule is COc1ccc(NC(=S)N2N=CC[C@@H]2c2ccccc2)cc1. The Hall–Kier alpha value is -2.40. The Balaban J connectivity index is 1.72. The van der Waals surface area contributed by atoms with Gasteiger partial charge in [-0.2, -0.15) is 5.10 Å². The summed E-state index contributed by atoms with van der Waals surface area (Å²) < 4.78 is 5.15. The second-order valence-electron chi connectivity index (χ2n) is 4.96. The monoisotopic (exact) mass is 311 g/mol. The lowest BCUT2D eigenvalue weighted by Crippen LogP contribution is -2.31. The van der Waals surface area contributed by atoms with Crippen molar-refractivity contribution in [2.24, 2.45) is 5.10 Å². The Bertz CT molecular complexity index is 670. The van der Waals surface area contributed by atoms with Gasteiger partial charge in [0.25, 0.3) is 0 Å². The van der Waals surface area contributed by atoms with E-state index in [-0.39, 0.29) is 6.04 Å². The van der Waals surface area contributed by atoms with Gasteiger partial charge in [-0.15, -0.1) is 0 Å². The highest BCUT2D eigenvalue weighted by Gasteiger charge is 2.25. The lowest BCUT2D eigenvalue weighted by molar-refractivity contribution is 0.375. The van der Waals surface area contributed by atoms with E-state index in [1.165, 1.54) is 5.56 Å². The van der Waals surface area contributed by atoms with E-state index in [0.717, 1.165) is 17.9 Å². The van der Waals surface area contributed by atoms with Gasteiger partial charge in [-0.05, 0) is 42.0 Å². The van der Waals surface area contributed by atoms with Crippen molar-refractivity contribution in [2.45, 2.75) is 12.5 Å². The molecule has 0 saturated carbocycles. The largest absolute Gasteiger partial charge is 0.497 e. The van der Waals surface area contributed by atoms with Crippen molar-refractivity contribution in [1.29, 1.82) is 0 Å². The van der Waals surface area contributed by atoms with Gasteiger partial charge in [0.05, 0.1) is 13.2 Å². The van der Waals surface area contributed by atoms with E-state index >= 15 is 0 Å². The molecule has 0 aromatic heterocycles. The molecule has 0 radical (unpaired) electrons. The molecule has 1 N–H and O–H groups in total. The molecule has 0 unspecified atom stereocenters. The maximum absolute atomic E-state index is 5.50. The third-order valence-electron chi connectivity index (χ3n) is 3.56. The normalized spacial score (nSPS) is 16.6. The van der Waals surface area contributed by atoms with Crippen molar-refractivity contribution in [2.75, 3.05) is 12.4 Å². The van der Waals surface area contributed by atoms with Crippen molar-refractivity contribution < 1.29 is 4.74 Å². The molecule has 1 aliphatic rings. The lowest BCUT2D eigenvalue weighted by Gasteiger charge is -2.25. The molecule has 22 heavy (non-hydrogen) atoms. The van der Waals surface area contributed by atoms with E-state index in [1.807, 2.05) is 53.7 Å². The first kappa shape index (κ1) is 14.5. The molecule has 5 heteroatoms. The van der Waals surface area contributed by atoms with Crippen LogP contribution in [0.25, 0.3) is 0 Å². The van der Waals surface area contributed by atoms with Crippen molar-refractivity contribution in [3.8, 4) is 5.75 Å². The van der Waals surface area contributed by atoms with Gasteiger partial charge in [0.2, 0.25) is 0 Å².